The maximum atomic E-state index is 12.9. The second-order valence-electron chi connectivity index (χ2n) is 7.62. The summed E-state index contributed by atoms with van der Waals surface area (Å²) in [7, 11) is 0. The number of rotatable bonds is 7. The van der Waals surface area contributed by atoms with Crippen LogP contribution >= 0.6 is 0 Å². The van der Waals surface area contributed by atoms with E-state index in [2.05, 4.69) is 30.5 Å². The molecule has 3 aromatic heterocycles. The molecule has 1 amide bonds. The van der Waals surface area contributed by atoms with Gasteiger partial charge in [0.1, 0.15) is 5.69 Å². The highest BCUT2D eigenvalue weighted by molar-refractivity contribution is 5.79. The van der Waals surface area contributed by atoms with Gasteiger partial charge in [-0.2, -0.15) is 5.10 Å². The summed E-state index contributed by atoms with van der Waals surface area (Å²) < 4.78 is 0. The highest BCUT2D eigenvalue weighted by Gasteiger charge is 2.19. The van der Waals surface area contributed by atoms with Crippen molar-refractivity contribution in [1.29, 1.82) is 0 Å². The zero-order valence-corrected chi connectivity index (χ0v) is 17.9. The quantitative estimate of drug-likeness (QED) is 0.419. The lowest BCUT2D eigenvalue weighted by molar-refractivity contribution is -0.121. The van der Waals surface area contributed by atoms with Crippen molar-refractivity contribution >= 4 is 5.91 Å². The molecule has 3 N–H and O–H groups in total. The van der Waals surface area contributed by atoms with Gasteiger partial charge in [-0.05, 0) is 31.5 Å². The zero-order valence-electron chi connectivity index (χ0n) is 17.9. The summed E-state index contributed by atoms with van der Waals surface area (Å²) in [6, 6.07) is 16.2. The molecule has 4 aromatic rings. The number of hydrogen-bond donors (Lipinski definition) is 3. The molecule has 8 nitrogen and oxygen atoms in total. The SMILES string of the molecule is Cc1n[nH]c(C)c1CC(=O)N[C@H](Cc1cc(=O)[nH]c(-c2ccccn2)n1)c1ccccc1. The number of nitrogens with zero attached hydrogens (tertiary/aromatic N) is 3. The van der Waals surface area contributed by atoms with Crippen molar-refractivity contribution < 1.29 is 4.79 Å². The lowest BCUT2D eigenvalue weighted by Gasteiger charge is -2.19. The van der Waals surface area contributed by atoms with Crippen LogP contribution in [0.5, 0.6) is 0 Å². The first-order valence-electron chi connectivity index (χ1n) is 10.4. The van der Waals surface area contributed by atoms with E-state index in [1.54, 1.807) is 18.3 Å². The maximum Gasteiger partial charge on any atom is 0.251 e. The minimum Gasteiger partial charge on any atom is -0.349 e. The van der Waals surface area contributed by atoms with Crippen LogP contribution in [-0.4, -0.2) is 31.1 Å². The first-order valence-corrected chi connectivity index (χ1v) is 10.4. The fourth-order valence-electron chi connectivity index (χ4n) is 3.62. The lowest BCUT2D eigenvalue weighted by Crippen LogP contribution is -2.32. The Kier molecular flexibility index (Phi) is 6.21. The number of aromatic nitrogens is 5. The van der Waals surface area contributed by atoms with Crippen molar-refractivity contribution in [1.82, 2.24) is 30.5 Å². The van der Waals surface area contributed by atoms with E-state index < -0.39 is 0 Å². The average Bonchev–Trinajstić information content (AvgIpc) is 3.11. The predicted molar refractivity (Wildman–Crippen MR) is 121 cm³/mol. The standard InChI is InChI=1S/C24H24N6O2/c1-15-19(16(2)30-29-15)14-23(32)27-21(17-8-4-3-5-9-17)12-18-13-22(31)28-24(26-18)20-10-6-7-11-25-20/h3-11,13,21H,12,14H2,1-2H3,(H,27,32)(H,29,30)(H,26,28,31)/t21-/m1/s1. The van der Waals surface area contributed by atoms with Crippen molar-refractivity contribution in [3.63, 3.8) is 0 Å². The normalized spacial score (nSPS) is 11.8. The summed E-state index contributed by atoms with van der Waals surface area (Å²) in [5, 5.41) is 10.2. The van der Waals surface area contributed by atoms with Gasteiger partial charge in [0, 0.05) is 29.9 Å². The Morgan fingerprint density at radius 3 is 2.56 bits per heavy atom. The summed E-state index contributed by atoms with van der Waals surface area (Å²) in [4.78, 5) is 36.8. The van der Waals surface area contributed by atoms with Gasteiger partial charge in [0.2, 0.25) is 5.91 Å². The van der Waals surface area contributed by atoms with Crippen LogP contribution < -0.4 is 10.9 Å². The number of aromatic amines is 2. The molecule has 4 rings (SSSR count). The maximum absolute atomic E-state index is 12.9. The van der Waals surface area contributed by atoms with E-state index in [1.807, 2.05) is 50.2 Å². The number of carbonyl (C=O) groups is 1. The average molecular weight is 428 g/mol. The summed E-state index contributed by atoms with van der Waals surface area (Å²) in [6.45, 7) is 3.77. The van der Waals surface area contributed by atoms with Crippen LogP contribution in [0.1, 0.15) is 34.3 Å². The number of pyridine rings is 1. The Labute approximate surface area is 185 Å². The highest BCUT2D eigenvalue weighted by Crippen LogP contribution is 2.19. The molecular weight excluding hydrogens is 404 g/mol. The van der Waals surface area contributed by atoms with Crippen molar-refractivity contribution in [2.24, 2.45) is 0 Å². The van der Waals surface area contributed by atoms with Crippen LogP contribution in [0.3, 0.4) is 0 Å². The smallest absolute Gasteiger partial charge is 0.251 e. The van der Waals surface area contributed by atoms with Gasteiger partial charge in [0.25, 0.3) is 5.56 Å². The molecule has 3 heterocycles. The van der Waals surface area contributed by atoms with Crippen molar-refractivity contribution in [3.8, 4) is 11.5 Å². The Bertz CT molecular complexity index is 1250. The fraction of sp³-hybridized carbons (Fsp3) is 0.208. The molecule has 1 aromatic carbocycles. The molecule has 0 aliphatic carbocycles. The van der Waals surface area contributed by atoms with Gasteiger partial charge in [-0.1, -0.05) is 36.4 Å². The molecule has 0 bridgehead atoms. The van der Waals surface area contributed by atoms with E-state index >= 15 is 0 Å². The number of hydrogen-bond acceptors (Lipinski definition) is 5. The van der Waals surface area contributed by atoms with Gasteiger partial charge in [-0.3, -0.25) is 19.7 Å². The Morgan fingerprint density at radius 1 is 1.09 bits per heavy atom. The first-order chi connectivity index (χ1) is 15.5. The molecule has 1 atom stereocenters. The Balaban J connectivity index is 1.60. The second kappa shape index (κ2) is 9.38. The zero-order chi connectivity index (χ0) is 22.5. The largest absolute Gasteiger partial charge is 0.349 e. The van der Waals surface area contributed by atoms with Crippen molar-refractivity contribution in [2.75, 3.05) is 0 Å². The predicted octanol–water partition coefficient (Wildman–Crippen LogP) is 2.81. The summed E-state index contributed by atoms with van der Waals surface area (Å²) >= 11 is 0. The van der Waals surface area contributed by atoms with Gasteiger partial charge in [-0.15, -0.1) is 0 Å². The van der Waals surface area contributed by atoms with E-state index in [4.69, 9.17) is 0 Å². The number of amides is 1. The summed E-state index contributed by atoms with van der Waals surface area (Å²) in [5.74, 6) is 0.275. The van der Waals surface area contributed by atoms with Crippen molar-refractivity contribution in [3.05, 3.63) is 99.4 Å². The highest BCUT2D eigenvalue weighted by atomic mass is 16.1. The van der Waals surface area contributed by atoms with E-state index in [9.17, 15) is 9.59 Å². The molecule has 0 saturated heterocycles. The van der Waals surface area contributed by atoms with Crippen LogP contribution in [0.4, 0.5) is 0 Å². The molecule has 0 unspecified atom stereocenters. The molecule has 162 valence electrons. The summed E-state index contributed by atoms with van der Waals surface area (Å²) in [6.07, 6.45) is 2.23. The van der Waals surface area contributed by atoms with Gasteiger partial charge < -0.3 is 10.3 Å². The van der Waals surface area contributed by atoms with E-state index in [0.29, 0.717) is 23.6 Å². The van der Waals surface area contributed by atoms with E-state index in [1.165, 1.54) is 6.07 Å². The molecule has 32 heavy (non-hydrogen) atoms. The van der Waals surface area contributed by atoms with Crippen LogP contribution in [0.2, 0.25) is 0 Å². The topological polar surface area (TPSA) is 116 Å². The number of aryl methyl sites for hydroxylation is 2. The van der Waals surface area contributed by atoms with Gasteiger partial charge in [-0.25, -0.2) is 4.98 Å². The Hall–Kier alpha value is -4.07. The number of benzene rings is 1. The third kappa shape index (κ3) is 4.97. The Morgan fingerprint density at radius 2 is 1.88 bits per heavy atom. The monoisotopic (exact) mass is 428 g/mol. The first kappa shape index (κ1) is 21.2. The molecule has 0 radical (unpaired) electrons. The third-order valence-corrected chi connectivity index (χ3v) is 5.27. The van der Waals surface area contributed by atoms with Gasteiger partial charge >= 0.3 is 0 Å². The van der Waals surface area contributed by atoms with Crippen LogP contribution in [0.25, 0.3) is 11.5 Å². The molecule has 8 heteroatoms. The molecule has 0 aliphatic rings. The minimum atomic E-state index is -0.345. The van der Waals surface area contributed by atoms with Gasteiger partial charge in [0.05, 0.1) is 23.9 Å². The second-order valence-corrected chi connectivity index (χ2v) is 7.62. The molecule has 0 saturated carbocycles. The number of nitrogens with one attached hydrogen (secondary N) is 3. The van der Waals surface area contributed by atoms with Crippen LogP contribution in [0.15, 0.2) is 65.6 Å². The van der Waals surface area contributed by atoms with Gasteiger partial charge in [0.15, 0.2) is 5.82 Å². The van der Waals surface area contributed by atoms with Crippen LogP contribution in [-0.2, 0) is 17.6 Å². The third-order valence-electron chi connectivity index (χ3n) is 5.27. The van der Waals surface area contributed by atoms with Crippen LogP contribution in [0, 0.1) is 13.8 Å². The van der Waals surface area contributed by atoms with E-state index in [0.717, 1.165) is 22.5 Å². The molecule has 0 fully saturated rings. The molecule has 0 aliphatic heterocycles. The summed E-state index contributed by atoms with van der Waals surface area (Å²) in [5.41, 5.74) is 4.40. The number of carbonyl (C=O) groups excluding carboxylic acids is 1. The minimum absolute atomic E-state index is 0.124. The molecule has 0 spiro atoms. The fourth-order valence-corrected chi connectivity index (χ4v) is 3.62. The lowest BCUT2D eigenvalue weighted by atomic mass is 10.0. The molecular formula is C24H24N6O2. The van der Waals surface area contributed by atoms with Crippen molar-refractivity contribution in [2.45, 2.75) is 32.7 Å². The van der Waals surface area contributed by atoms with E-state index in [-0.39, 0.29) is 23.9 Å². The number of H-pyrrole nitrogens is 2.